The highest BCUT2D eigenvalue weighted by atomic mass is 16.7. The fraction of sp³-hybridized carbons (Fsp3) is 0.297. The van der Waals surface area contributed by atoms with Crippen LogP contribution in [0.1, 0.15) is 29.8 Å². The quantitative estimate of drug-likeness (QED) is 0.185. The molecule has 2 heterocycles. The Morgan fingerprint density at radius 3 is 2.33 bits per heavy atom. The molecule has 4 aromatic carbocycles. The van der Waals surface area contributed by atoms with Gasteiger partial charge in [-0.05, 0) is 74.1 Å². The zero-order valence-corrected chi connectivity index (χ0v) is 27.2. The maximum atomic E-state index is 13.8. The second-order valence-corrected chi connectivity index (χ2v) is 12.2. The highest BCUT2D eigenvalue weighted by molar-refractivity contribution is 6.02. The van der Waals surface area contributed by atoms with Crippen LogP contribution in [0.2, 0.25) is 0 Å². The van der Waals surface area contributed by atoms with E-state index in [1.54, 1.807) is 41.3 Å². The van der Waals surface area contributed by atoms with Crippen molar-refractivity contribution in [2.24, 2.45) is 5.92 Å². The normalized spacial score (nSPS) is 17.5. The van der Waals surface area contributed by atoms with E-state index < -0.39 is 12.1 Å². The van der Waals surface area contributed by atoms with Gasteiger partial charge in [-0.15, -0.1) is 0 Å². The number of nitrogens with zero attached hydrogens (tertiary/aromatic N) is 2. The minimum Gasteiger partial charge on any atom is -0.488 e. The fourth-order valence-corrected chi connectivity index (χ4v) is 5.76. The van der Waals surface area contributed by atoms with E-state index in [-0.39, 0.29) is 31.3 Å². The molecule has 0 saturated carbocycles. The number of para-hydroxylation sites is 1. The predicted octanol–water partition coefficient (Wildman–Crippen LogP) is 6.20. The zero-order valence-electron chi connectivity index (χ0n) is 27.2. The van der Waals surface area contributed by atoms with Crippen LogP contribution in [0.15, 0.2) is 91.0 Å². The standard InChI is InChI=1S/C37H40N4O7/c1-24-19-41(25(2)22-42)36(43)31-17-27(38-37(44)39-28-12-16-33-34(18-28)46-23-45-33)11-15-32(31)48-35(24)21-40(3)20-26-9-13-30(14-10-26)47-29-7-5-4-6-8-29/h4-18,24-25,35,42H,19-23H2,1-3H3,(H2,38,39,44)/t24-,25-,35-/m0/s1. The zero-order chi connectivity index (χ0) is 33.6. The van der Waals surface area contributed by atoms with Crippen molar-refractivity contribution in [2.75, 3.05) is 44.2 Å². The van der Waals surface area contributed by atoms with Gasteiger partial charge in [0.25, 0.3) is 5.91 Å². The molecule has 2 aliphatic rings. The van der Waals surface area contributed by atoms with E-state index in [1.807, 2.05) is 68.6 Å². The lowest BCUT2D eigenvalue weighted by atomic mass is 9.99. The molecule has 0 unspecified atom stereocenters. The van der Waals surface area contributed by atoms with Gasteiger partial charge in [0, 0.05) is 43.0 Å². The molecule has 2 aliphatic heterocycles. The van der Waals surface area contributed by atoms with Crippen LogP contribution in [0.3, 0.4) is 0 Å². The highest BCUT2D eigenvalue weighted by Crippen LogP contribution is 2.35. The number of nitrogens with one attached hydrogen (secondary N) is 2. The average molecular weight is 653 g/mol. The van der Waals surface area contributed by atoms with E-state index in [0.717, 1.165) is 17.1 Å². The first-order chi connectivity index (χ1) is 23.2. The SMILES string of the molecule is C[C@H]1CN([C@@H](C)CO)C(=O)c2cc(NC(=O)Nc3ccc4c(c3)OCO4)ccc2O[C@H]1CN(C)Cc1ccc(Oc2ccccc2)cc1. The monoisotopic (exact) mass is 652 g/mol. The molecular weight excluding hydrogens is 612 g/mol. The van der Waals surface area contributed by atoms with Crippen molar-refractivity contribution in [1.82, 2.24) is 9.80 Å². The number of aliphatic hydroxyl groups is 1. The number of carbonyl (C=O) groups is 2. The number of benzene rings is 4. The van der Waals surface area contributed by atoms with Crippen molar-refractivity contribution in [3.05, 3.63) is 102 Å². The Balaban J connectivity index is 1.15. The van der Waals surface area contributed by atoms with E-state index in [4.69, 9.17) is 18.9 Å². The molecule has 4 aromatic rings. The van der Waals surface area contributed by atoms with Gasteiger partial charge in [-0.1, -0.05) is 37.3 Å². The van der Waals surface area contributed by atoms with E-state index in [9.17, 15) is 14.7 Å². The van der Waals surface area contributed by atoms with Crippen molar-refractivity contribution in [2.45, 2.75) is 32.5 Å². The van der Waals surface area contributed by atoms with Gasteiger partial charge >= 0.3 is 6.03 Å². The second kappa shape index (κ2) is 14.7. The number of anilines is 2. The molecule has 0 fully saturated rings. The second-order valence-electron chi connectivity index (χ2n) is 12.2. The molecule has 0 aliphatic carbocycles. The van der Waals surface area contributed by atoms with Crippen molar-refractivity contribution in [3.63, 3.8) is 0 Å². The van der Waals surface area contributed by atoms with Gasteiger partial charge in [0.05, 0.1) is 18.2 Å². The summed E-state index contributed by atoms with van der Waals surface area (Å²) in [5.74, 6) is 2.83. The van der Waals surface area contributed by atoms with Gasteiger partial charge in [-0.3, -0.25) is 9.69 Å². The Morgan fingerprint density at radius 1 is 0.938 bits per heavy atom. The first kappa shape index (κ1) is 32.7. The van der Waals surface area contributed by atoms with E-state index in [1.165, 1.54) is 0 Å². The summed E-state index contributed by atoms with van der Waals surface area (Å²) in [6.45, 7) is 5.50. The average Bonchev–Trinajstić information content (AvgIpc) is 3.56. The Bertz CT molecular complexity index is 1730. The molecule has 3 atom stereocenters. The number of rotatable bonds is 10. The molecule has 3 N–H and O–H groups in total. The van der Waals surface area contributed by atoms with Gasteiger partial charge in [0.15, 0.2) is 11.5 Å². The molecule has 250 valence electrons. The Morgan fingerprint density at radius 2 is 1.60 bits per heavy atom. The van der Waals surface area contributed by atoms with Crippen molar-refractivity contribution in [1.29, 1.82) is 0 Å². The molecule has 0 spiro atoms. The van der Waals surface area contributed by atoms with Gasteiger partial charge in [0.1, 0.15) is 23.4 Å². The van der Waals surface area contributed by atoms with Crippen molar-refractivity contribution >= 4 is 23.3 Å². The third kappa shape index (κ3) is 7.81. The predicted molar refractivity (Wildman–Crippen MR) is 182 cm³/mol. The van der Waals surface area contributed by atoms with Crippen molar-refractivity contribution in [3.8, 4) is 28.7 Å². The molecule has 11 nitrogen and oxygen atoms in total. The summed E-state index contributed by atoms with van der Waals surface area (Å²) in [5.41, 5.74) is 2.38. The molecule has 11 heteroatoms. The van der Waals surface area contributed by atoms with E-state index in [0.29, 0.717) is 53.8 Å². The largest absolute Gasteiger partial charge is 0.488 e. The first-order valence-electron chi connectivity index (χ1n) is 16.0. The number of amides is 3. The smallest absolute Gasteiger partial charge is 0.323 e. The van der Waals surface area contributed by atoms with Crippen LogP contribution in [0, 0.1) is 5.92 Å². The van der Waals surface area contributed by atoms with Crippen LogP contribution in [-0.4, -0.2) is 72.5 Å². The van der Waals surface area contributed by atoms with Crippen molar-refractivity contribution < 1.29 is 33.6 Å². The summed E-state index contributed by atoms with van der Waals surface area (Å²) in [5, 5.41) is 15.6. The number of fused-ring (bicyclic) bond motifs is 2. The summed E-state index contributed by atoms with van der Waals surface area (Å²) >= 11 is 0. The molecule has 48 heavy (non-hydrogen) atoms. The summed E-state index contributed by atoms with van der Waals surface area (Å²) < 4.78 is 23.2. The number of urea groups is 1. The van der Waals surface area contributed by atoms with E-state index >= 15 is 0 Å². The maximum Gasteiger partial charge on any atom is 0.323 e. The van der Waals surface area contributed by atoms with Gasteiger partial charge < -0.3 is 39.6 Å². The first-order valence-corrected chi connectivity index (χ1v) is 16.0. The molecule has 0 radical (unpaired) electrons. The number of aliphatic hydroxyl groups excluding tert-OH is 1. The lowest BCUT2D eigenvalue weighted by Gasteiger charge is -2.38. The Kier molecular flexibility index (Phi) is 9.98. The fourth-order valence-electron chi connectivity index (χ4n) is 5.76. The van der Waals surface area contributed by atoms with Crippen LogP contribution in [-0.2, 0) is 6.54 Å². The Hall–Kier alpha value is -5.26. The number of likely N-dealkylation sites (N-methyl/N-ethyl adjacent to an activating group) is 1. The molecule has 3 amide bonds. The van der Waals surface area contributed by atoms with Gasteiger partial charge in [0.2, 0.25) is 6.79 Å². The maximum absolute atomic E-state index is 13.8. The molecule has 0 saturated heterocycles. The Labute approximate surface area is 280 Å². The van der Waals surface area contributed by atoms with Crippen LogP contribution in [0.4, 0.5) is 16.2 Å². The van der Waals surface area contributed by atoms with Gasteiger partial charge in [-0.25, -0.2) is 4.79 Å². The lowest BCUT2D eigenvalue weighted by Crippen LogP contribution is -2.49. The topological polar surface area (TPSA) is 122 Å². The minimum absolute atomic E-state index is 0.0366. The number of carbonyl (C=O) groups excluding carboxylic acids is 2. The highest BCUT2D eigenvalue weighted by Gasteiger charge is 2.33. The van der Waals surface area contributed by atoms with Crippen LogP contribution < -0.4 is 29.6 Å². The van der Waals surface area contributed by atoms with Crippen LogP contribution >= 0.6 is 0 Å². The van der Waals surface area contributed by atoms with Gasteiger partial charge in [-0.2, -0.15) is 0 Å². The van der Waals surface area contributed by atoms with E-state index in [2.05, 4.69) is 22.5 Å². The molecule has 0 bridgehead atoms. The number of hydrogen-bond donors (Lipinski definition) is 3. The minimum atomic E-state index is -0.485. The molecular formula is C37H40N4O7. The molecule has 0 aromatic heterocycles. The molecule has 6 rings (SSSR count). The number of ether oxygens (including phenoxy) is 4. The summed E-state index contributed by atoms with van der Waals surface area (Å²) in [7, 11) is 2.04. The third-order valence-electron chi connectivity index (χ3n) is 8.40. The number of hydrogen-bond acceptors (Lipinski definition) is 8. The summed E-state index contributed by atoms with van der Waals surface area (Å²) in [6.07, 6.45) is -0.260. The lowest BCUT2D eigenvalue weighted by molar-refractivity contribution is 0.0341. The summed E-state index contributed by atoms with van der Waals surface area (Å²) in [6, 6.07) is 26.9. The van der Waals surface area contributed by atoms with Crippen LogP contribution in [0.25, 0.3) is 0 Å². The van der Waals surface area contributed by atoms with Crippen LogP contribution in [0.5, 0.6) is 28.7 Å². The summed E-state index contributed by atoms with van der Waals surface area (Å²) in [4.78, 5) is 30.6. The third-order valence-corrected chi connectivity index (χ3v) is 8.40.